The van der Waals surface area contributed by atoms with Gasteiger partial charge in [0, 0.05) is 52.2 Å². The maximum absolute atomic E-state index is 12.1. The topological polar surface area (TPSA) is 270 Å². The van der Waals surface area contributed by atoms with Crippen molar-refractivity contribution in [1.82, 2.24) is 15.3 Å². The van der Waals surface area contributed by atoms with E-state index >= 15 is 0 Å². The summed E-state index contributed by atoms with van der Waals surface area (Å²) in [5, 5.41) is 41.1. The lowest BCUT2D eigenvalue weighted by Gasteiger charge is -2.19. The third kappa shape index (κ3) is 19.4. The molecule has 0 atom stereocenters. The molecule has 0 fully saturated rings. The minimum Gasteiger partial charge on any atom is -0.444 e. The minimum absolute atomic E-state index is 0. The Morgan fingerprint density at radius 2 is 1.15 bits per heavy atom. The molecule has 0 aliphatic carbocycles. The number of nitrogens with zero attached hydrogens (tertiary/aromatic N) is 5. The van der Waals surface area contributed by atoms with Gasteiger partial charge in [0.2, 0.25) is 0 Å². The van der Waals surface area contributed by atoms with Crippen LogP contribution in [0.1, 0.15) is 54.6 Å². The fourth-order valence-corrected chi connectivity index (χ4v) is 6.52. The molecule has 0 saturated heterocycles. The van der Waals surface area contributed by atoms with Gasteiger partial charge in [-0.3, -0.25) is 10.6 Å². The number of nitriles is 3. The van der Waals surface area contributed by atoms with Gasteiger partial charge in [0.15, 0.2) is 10.3 Å². The minimum atomic E-state index is -0.543. The van der Waals surface area contributed by atoms with Crippen molar-refractivity contribution in [3.05, 3.63) is 109 Å². The smallest absolute Gasteiger partial charge is 0.407 e. The molecule has 0 bridgehead atoms. The van der Waals surface area contributed by atoms with E-state index in [0.717, 1.165) is 16.2 Å². The molecule has 5 amide bonds. The van der Waals surface area contributed by atoms with Crippen molar-refractivity contribution in [1.29, 1.82) is 15.8 Å². The van der Waals surface area contributed by atoms with E-state index in [1.165, 1.54) is 40.9 Å². The molecule has 16 nitrogen and oxygen atoms in total. The van der Waals surface area contributed by atoms with E-state index < -0.39 is 23.8 Å². The van der Waals surface area contributed by atoms with Crippen LogP contribution in [0.15, 0.2) is 67.0 Å². The zero-order chi connectivity index (χ0) is 43.5. The number of thiazole rings is 2. The van der Waals surface area contributed by atoms with Crippen LogP contribution in [-0.4, -0.2) is 46.8 Å². The Kier molecular flexibility index (Phi) is 23.0. The predicted octanol–water partition coefficient (Wildman–Crippen LogP) is 10.0. The molecule has 0 unspecified atom stereocenters. The quantitative estimate of drug-likeness (QED) is 0.0683. The summed E-state index contributed by atoms with van der Waals surface area (Å²) in [6, 6.07) is 19.0. The molecule has 3 aromatic carbocycles. The van der Waals surface area contributed by atoms with Crippen molar-refractivity contribution in [2.24, 2.45) is 5.73 Å². The SMILES string of the molecule is C.CC(C)(C)OC(=O)NCCc1cnc(NC(=O)Nc2ccc(C#N)c(Cl)c2)s1.Cl.N#Cc1ccc(N)cc1Cl.N#Cc1ccc(NC(=O)Nc2ncc(CCN)s2)cc1Cl. The third-order valence-corrected chi connectivity index (χ3v) is 9.67. The van der Waals surface area contributed by atoms with Crippen LogP contribution in [-0.2, 0) is 17.6 Å². The Morgan fingerprint density at radius 3 is 1.54 bits per heavy atom. The van der Waals surface area contributed by atoms with E-state index in [0.29, 0.717) is 68.5 Å². The number of nitrogens with one attached hydrogen (secondary N) is 5. The van der Waals surface area contributed by atoms with Crippen LogP contribution in [0.4, 0.5) is 41.7 Å². The van der Waals surface area contributed by atoms with Crippen LogP contribution >= 0.6 is 69.9 Å². The summed E-state index contributed by atoms with van der Waals surface area (Å²) in [5.74, 6) is 0. The van der Waals surface area contributed by atoms with Gasteiger partial charge in [0.05, 0.1) is 31.8 Å². The summed E-state index contributed by atoms with van der Waals surface area (Å²) in [6.07, 6.45) is 4.13. The summed E-state index contributed by atoms with van der Waals surface area (Å²) in [6.45, 7) is 6.32. The first kappa shape index (κ1) is 53.1. The lowest BCUT2D eigenvalue weighted by atomic mass is 10.2. The number of amides is 5. The highest BCUT2D eigenvalue weighted by Crippen LogP contribution is 2.24. The first-order valence-corrected chi connectivity index (χ1v) is 19.9. The molecular formula is C39H42Cl4N12O4S2. The van der Waals surface area contributed by atoms with Crippen molar-refractivity contribution in [3.8, 4) is 18.2 Å². The number of rotatable bonds is 9. The van der Waals surface area contributed by atoms with Crippen LogP contribution in [0.25, 0.3) is 0 Å². The van der Waals surface area contributed by atoms with Crippen molar-refractivity contribution < 1.29 is 19.1 Å². The molecule has 0 aliphatic heterocycles. The number of aromatic nitrogens is 2. The Morgan fingerprint density at radius 1 is 0.721 bits per heavy atom. The second-order valence-corrected chi connectivity index (χ2v) is 16.1. The Balaban J connectivity index is 0.000000496. The van der Waals surface area contributed by atoms with E-state index in [9.17, 15) is 14.4 Å². The number of halogens is 4. The van der Waals surface area contributed by atoms with E-state index in [1.807, 2.05) is 18.2 Å². The van der Waals surface area contributed by atoms with Crippen LogP contribution in [0.2, 0.25) is 15.1 Å². The third-order valence-electron chi connectivity index (χ3n) is 6.79. The average molecular weight is 949 g/mol. The van der Waals surface area contributed by atoms with Gasteiger partial charge in [-0.2, -0.15) is 15.8 Å². The molecule has 61 heavy (non-hydrogen) atoms. The standard InChI is InChI=1S/C18H20ClN5O3S.C13H12ClN5OS.C7H5ClN2.CH4.ClH/c1-18(2,3)27-17(26)21-7-6-13-10-22-16(28-13)24-15(25)23-12-5-4-11(9-20)14(19)8-12;14-11-5-9(2-1-8(11)6-16)18-12(20)19-13-17-7-10(21-13)3-4-15;8-7-3-6(10)2-1-5(7)4-9;;/h4-5,8,10H,6-7H2,1-3H3,(H,21,26)(H2,22,23,24,25);1-2,5,7H,3-4,15H2,(H2,17,18,19,20);1-3H,10H2;1H4;1H. The summed E-state index contributed by atoms with van der Waals surface area (Å²) >= 11 is 20.1. The van der Waals surface area contributed by atoms with Crippen molar-refractivity contribution in [2.75, 3.05) is 40.1 Å². The normalized spacial score (nSPS) is 9.77. The molecule has 0 aliphatic rings. The largest absolute Gasteiger partial charge is 0.444 e. The average Bonchev–Trinajstić information content (AvgIpc) is 3.80. The number of hydrogen-bond donors (Lipinski definition) is 7. The molecule has 5 rings (SSSR count). The second-order valence-electron chi connectivity index (χ2n) is 12.6. The maximum atomic E-state index is 12.1. The van der Waals surface area contributed by atoms with Gasteiger partial charge in [-0.05, 0) is 88.3 Å². The van der Waals surface area contributed by atoms with Gasteiger partial charge in [-0.25, -0.2) is 24.4 Å². The number of urea groups is 2. The van der Waals surface area contributed by atoms with Crippen molar-refractivity contribution in [2.45, 2.75) is 46.6 Å². The zero-order valence-electron chi connectivity index (χ0n) is 32.1. The van der Waals surface area contributed by atoms with Gasteiger partial charge in [-0.1, -0.05) is 42.2 Å². The number of carbonyl (C=O) groups is 3. The summed E-state index contributed by atoms with van der Waals surface area (Å²) in [5.41, 5.74) is 13.0. The monoisotopic (exact) mass is 946 g/mol. The molecule has 2 heterocycles. The molecule has 0 spiro atoms. The fraction of sp³-hybridized carbons (Fsp3) is 0.231. The summed E-state index contributed by atoms with van der Waals surface area (Å²) in [4.78, 5) is 45.6. The highest BCUT2D eigenvalue weighted by molar-refractivity contribution is 7.16. The highest BCUT2D eigenvalue weighted by atomic mass is 35.5. The Labute approximate surface area is 382 Å². The Hall–Kier alpha value is -5.88. The number of ether oxygens (including phenoxy) is 1. The molecule has 0 radical (unpaired) electrons. The number of nitrogen functional groups attached to an aromatic ring is 1. The molecule has 5 aromatic rings. The highest BCUT2D eigenvalue weighted by Gasteiger charge is 2.16. The lowest BCUT2D eigenvalue weighted by Crippen LogP contribution is -2.33. The maximum Gasteiger partial charge on any atom is 0.407 e. The van der Waals surface area contributed by atoms with Crippen LogP contribution in [0.3, 0.4) is 0 Å². The summed E-state index contributed by atoms with van der Waals surface area (Å²) < 4.78 is 5.16. The van der Waals surface area contributed by atoms with Crippen LogP contribution in [0, 0.1) is 34.0 Å². The number of anilines is 5. The number of alkyl carbamates (subject to hydrolysis) is 1. The lowest BCUT2D eigenvalue weighted by molar-refractivity contribution is 0.0528. The van der Waals surface area contributed by atoms with Crippen LogP contribution < -0.4 is 38.1 Å². The number of carbonyl (C=O) groups excluding carboxylic acids is 3. The fourth-order valence-electron chi connectivity index (χ4n) is 4.21. The number of hydrogen-bond acceptors (Lipinski definition) is 13. The Bertz CT molecular complexity index is 2390. The van der Waals surface area contributed by atoms with E-state index in [4.69, 9.17) is 66.8 Å². The molecule has 322 valence electrons. The summed E-state index contributed by atoms with van der Waals surface area (Å²) in [7, 11) is 0. The van der Waals surface area contributed by atoms with Crippen LogP contribution in [0.5, 0.6) is 0 Å². The zero-order valence-corrected chi connectivity index (χ0v) is 36.8. The van der Waals surface area contributed by atoms with Crippen molar-refractivity contribution >= 4 is 115 Å². The molecular weight excluding hydrogens is 906 g/mol. The van der Waals surface area contributed by atoms with E-state index in [-0.39, 0.29) is 29.9 Å². The molecule has 0 saturated carbocycles. The first-order chi connectivity index (χ1) is 28.0. The molecule has 22 heteroatoms. The van der Waals surface area contributed by atoms with E-state index in [1.54, 1.807) is 69.6 Å². The predicted molar refractivity (Wildman–Crippen MR) is 247 cm³/mol. The van der Waals surface area contributed by atoms with Gasteiger partial charge in [0.25, 0.3) is 0 Å². The number of nitrogens with two attached hydrogens (primary N) is 2. The van der Waals surface area contributed by atoms with Gasteiger partial charge < -0.3 is 32.2 Å². The second kappa shape index (κ2) is 26.4. The van der Waals surface area contributed by atoms with Crippen molar-refractivity contribution in [3.63, 3.8) is 0 Å². The first-order valence-electron chi connectivity index (χ1n) is 17.1. The van der Waals surface area contributed by atoms with Gasteiger partial charge in [-0.15, -0.1) is 35.1 Å². The molecule has 9 N–H and O–H groups in total. The van der Waals surface area contributed by atoms with Gasteiger partial charge in [0.1, 0.15) is 23.8 Å². The van der Waals surface area contributed by atoms with Gasteiger partial charge >= 0.3 is 18.2 Å². The van der Waals surface area contributed by atoms with E-state index in [2.05, 4.69) is 36.6 Å². The molecule has 2 aromatic heterocycles. The number of benzene rings is 3.